The molecule has 1 aromatic rings. The first-order valence-electron chi connectivity index (χ1n) is 6.36. The molecule has 0 saturated carbocycles. The highest BCUT2D eigenvalue weighted by Crippen LogP contribution is 2.17. The van der Waals surface area contributed by atoms with Gasteiger partial charge in [-0.25, -0.2) is 17.9 Å². The van der Waals surface area contributed by atoms with Crippen LogP contribution in [0.4, 0.5) is 0 Å². The number of nitrogens with one attached hydrogen (secondary N) is 1. The molecule has 0 amide bonds. The molecule has 2 atom stereocenters. The summed E-state index contributed by atoms with van der Waals surface area (Å²) in [4.78, 5) is 11.1. The lowest BCUT2D eigenvalue weighted by Gasteiger charge is -2.14. The van der Waals surface area contributed by atoms with E-state index in [0.29, 0.717) is 12.0 Å². The lowest BCUT2D eigenvalue weighted by Crippen LogP contribution is -2.36. The van der Waals surface area contributed by atoms with E-state index in [1.54, 1.807) is 13.8 Å². The average molecular weight is 333 g/mol. The number of hydrogen-bond acceptors (Lipinski definition) is 4. The van der Waals surface area contributed by atoms with Crippen LogP contribution in [0.25, 0.3) is 0 Å². The number of benzene rings is 1. The first kappa shape index (κ1) is 17.8. The van der Waals surface area contributed by atoms with Crippen LogP contribution in [-0.2, 0) is 27.2 Å². The average Bonchev–Trinajstić information content (AvgIpc) is 2.35. The van der Waals surface area contributed by atoms with Crippen LogP contribution in [0.1, 0.15) is 29.8 Å². The number of carboxylic acids is 1. The molecule has 2 N–H and O–H groups in total. The monoisotopic (exact) mass is 333 g/mol. The highest BCUT2D eigenvalue weighted by molar-refractivity contribution is 7.89. The molecule has 118 valence electrons. The second-order valence-electron chi connectivity index (χ2n) is 4.74. The molecular weight excluding hydrogens is 314 g/mol. The van der Waals surface area contributed by atoms with Gasteiger partial charge in [-0.05, 0) is 31.0 Å². The largest absolute Gasteiger partial charge is 0.478 e. The maximum Gasteiger partial charge on any atom is 0.336 e. The van der Waals surface area contributed by atoms with Gasteiger partial charge in [0, 0.05) is 28.9 Å². The van der Waals surface area contributed by atoms with Crippen LogP contribution >= 0.6 is 0 Å². The Morgan fingerprint density at radius 1 is 1.43 bits per heavy atom. The van der Waals surface area contributed by atoms with E-state index in [9.17, 15) is 17.4 Å². The maximum atomic E-state index is 12.2. The van der Waals surface area contributed by atoms with Gasteiger partial charge in [-0.3, -0.25) is 4.21 Å². The molecule has 0 heterocycles. The molecule has 21 heavy (non-hydrogen) atoms. The maximum absolute atomic E-state index is 12.2. The molecule has 0 fully saturated rings. The molecule has 1 aromatic carbocycles. The second-order valence-corrected chi connectivity index (χ2v) is 7.93. The Kier molecular flexibility index (Phi) is 6.06. The lowest BCUT2D eigenvalue weighted by molar-refractivity contribution is 0.0695. The predicted octanol–water partition coefficient (Wildman–Crippen LogP) is 0.992. The van der Waals surface area contributed by atoms with Crippen LogP contribution < -0.4 is 4.72 Å². The van der Waals surface area contributed by atoms with Gasteiger partial charge in [-0.1, -0.05) is 13.0 Å². The van der Waals surface area contributed by atoms with Crippen LogP contribution in [0.15, 0.2) is 23.1 Å². The summed E-state index contributed by atoms with van der Waals surface area (Å²) < 4.78 is 37.9. The fraction of sp³-hybridized carbons (Fsp3) is 0.462. The topological polar surface area (TPSA) is 101 Å². The smallest absolute Gasteiger partial charge is 0.336 e. The van der Waals surface area contributed by atoms with Gasteiger partial charge in [0.05, 0.1) is 10.5 Å². The SMILES string of the molecule is CCc1ccc(S(=O)(=O)NC(C)CS(C)=O)cc1C(=O)O. The van der Waals surface area contributed by atoms with Crippen molar-refractivity contribution in [3.05, 3.63) is 29.3 Å². The van der Waals surface area contributed by atoms with Gasteiger partial charge in [-0.15, -0.1) is 0 Å². The third-order valence-corrected chi connectivity index (χ3v) is 5.40. The van der Waals surface area contributed by atoms with Gasteiger partial charge < -0.3 is 5.11 Å². The molecule has 6 nitrogen and oxygen atoms in total. The Morgan fingerprint density at radius 3 is 2.52 bits per heavy atom. The summed E-state index contributed by atoms with van der Waals surface area (Å²) in [5, 5.41) is 9.13. The highest BCUT2D eigenvalue weighted by atomic mass is 32.2. The Balaban J connectivity index is 3.12. The molecule has 0 bridgehead atoms. The Hall–Kier alpha value is -1.25. The van der Waals surface area contributed by atoms with Gasteiger partial charge >= 0.3 is 5.97 Å². The summed E-state index contributed by atoms with van der Waals surface area (Å²) in [7, 11) is -4.96. The molecule has 0 aliphatic rings. The number of carbonyl (C=O) groups is 1. The minimum Gasteiger partial charge on any atom is -0.478 e. The van der Waals surface area contributed by atoms with Crippen LogP contribution in [0.2, 0.25) is 0 Å². The van der Waals surface area contributed by atoms with E-state index in [4.69, 9.17) is 5.11 Å². The van der Waals surface area contributed by atoms with E-state index in [0.717, 1.165) is 6.07 Å². The van der Waals surface area contributed by atoms with Crippen LogP contribution in [0.3, 0.4) is 0 Å². The predicted molar refractivity (Wildman–Crippen MR) is 81.5 cm³/mol. The fourth-order valence-corrected chi connectivity index (χ4v) is 4.11. The molecule has 0 aliphatic heterocycles. The van der Waals surface area contributed by atoms with Crippen LogP contribution in [0.5, 0.6) is 0 Å². The highest BCUT2D eigenvalue weighted by Gasteiger charge is 2.20. The van der Waals surface area contributed by atoms with Crippen LogP contribution in [-0.4, -0.2) is 41.8 Å². The van der Waals surface area contributed by atoms with Gasteiger partial charge in [0.2, 0.25) is 10.0 Å². The second kappa shape index (κ2) is 7.15. The van der Waals surface area contributed by atoms with Crippen molar-refractivity contribution in [3.63, 3.8) is 0 Å². The lowest BCUT2D eigenvalue weighted by atomic mass is 10.1. The number of rotatable bonds is 7. The van der Waals surface area contributed by atoms with E-state index in [1.807, 2.05) is 0 Å². The van der Waals surface area contributed by atoms with Gasteiger partial charge in [0.25, 0.3) is 0 Å². The Labute approximate surface area is 127 Å². The van der Waals surface area contributed by atoms with Crippen molar-refractivity contribution in [1.82, 2.24) is 4.72 Å². The van der Waals surface area contributed by atoms with Crippen molar-refractivity contribution in [3.8, 4) is 0 Å². The van der Waals surface area contributed by atoms with Gasteiger partial charge in [0.15, 0.2) is 0 Å². The number of aromatic carboxylic acids is 1. The minimum atomic E-state index is -3.83. The molecule has 0 saturated heterocycles. The fourth-order valence-electron chi connectivity index (χ4n) is 1.95. The van der Waals surface area contributed by atoms with E-state index in [2.05, 4.69) is 4.72 Å². The van der Waals surface area contributed by atoms with E-state index >= 15 is 0 Å². The molecule has 0 aromatic heterocycles. The zero-order valence-electron chi connectivity index (χ0n) is 12.1. The zero-order valence-corrected chi connectivity index (χ0v) is 13.8. The first-order valence-corrected chi connectivity index (χ1v) is 9.57. The molecule has 0 aliphatic carbocycles. The summed E-state index contributed by atoms with van der Waals surface area (Å²) >= 11 is 0. The molecule has 0 spiro atoms. The van der Waals surface area contributed by atoms with Crippen molar-refractivity contribution in [2.24, 2.45) is 0 Å². The molecule has 8 heteroatoms. The summed E-state index contributed by atoms with van der Waals surface area (Å²) in [6.45, 7) is 3.41. The molecular formula is C13H19NO5S2. The molecule has 2 unspecified atom stereocenters. The molecule has 0 radical (unpaired) electrons. The summed E-state index contributed by atoms with van der Waals surface area (Å²) in [5.41, 5.74) is 0.552. The summed E-state index contributed by atoms with van der Waals surface area (Å²) in [6, 6.07) is 3.53. The summed E-state index contributed by atoms with van der Waals surface area (Å²) in [6.07, 6.45) is 1.99. The zero-order chi connectivity index (χ0) is 16.2. The standard InChI is InChI=1S/C13H19NO5S2/c1-4-10-5-6-11(7-12(10)13(15)16)21(18,19)14-9(2)8-20(3)17/h5-7,9,14H,4,8H2,1-3H3,(H,15,16). The van der Waals surface area contributed by atoms with Gasteiger partial charge in [-0.2, -0.15) is 0 Å². The van der Waals surface area contributed by atoms with E-state index in [-0.39, 0.29) is 16.2 Å². The third-order valence-electron chi connectivity index (χ3n) is 2.84. The minimum absolute atomic E-state index is 0.0212. The van der Waals surface area contributed by atoms with Crippen molar-refractivity contribution < 1.29 is 22.5 Å². The molecule has 1 rings (SSSR count). The number of aryl methyl sites for hydroxylation is 1. The van der Waals surface area contributed by atoms with E-state index in [1.165, 1.54) is 18.4 Å². The Bertz CT molecular complexity index is 655. The van der Waals surface area contributed by atoms with Crippen molar-refractivity contribution in [2.75, 3.05) is 12.0 Å². The van der Waals surface area contributed by atoms with Crippen molar-refractivity contribution >= 4 is 26.8 Å². The quantitative estimate of drug-likeness (QED) is 0.775. The normalized spacial score (nSPS) is 14.6. The van der Waals surface area contributed by atoms with E-state index < -0.39 is 32.8 Å². The third kappa shape index (κ3) is 4.90. The van der Waals surface area contributed by atoms with Gasteiger partial charge in [0.1, 0.15) is 0 Å². The number of sulfonamides is 1. The summed E-state index contributed by atoms with van der Waals surface area (Å²) in [5.74, 6) is -0.968. The van der Waals surface area contributed by atoms with Crippen molar-refractivity contribution in [2.45, 2.75) is 31.2 Å². The van der Waals surface area contributed by atoms with Crippen LogP contribution in [0, 0.1) is 0 Å². The first-order chi connectivity index (χ1) is 9.67. The number of carboxylic acid groups (broad SMARTS) is 1. The Morgan fingerprint density at radius 2 is 2.05 bits per heavy atom. The number of hydrogen-bond donors (Lipinski definition) is 2. The van der Waals surface area contributed by atoms with Crippen molar-refractivity contribution in [1.29, 1.82) is 0 Å².